The maximum Gasteiger partial charge on any atom is 0.271 e. The molecule has 1 amide bonds. The first kappa shape index (κ1) is 12.5. The number of nitrogens with zero attached hydrogens (tertiary/aromatic N) is 1. The van der Waals surface area contributed by atoms with Crippen LogP contribution in [0.5, 0.6) is 0 Å². The van der Waals surface area contributed by atoms with Crippen LogP contribution in [0.2, 0.25) is 0 Å². The molecule has 1 aromatic heterocycles. The number of aromatic nitrogens is 1. The molecule has 1 aliphatic heterocycles. The minimum Gasteiger partial charge on any atom is -0.386 e. The van der Waals surface area contributed by atoms with Crippen molar-refractivity contribution < 1.29 is 14.6 Å². The summed E-state index contributed by atoms with van der Waals surface area (Å²) in [6, 6.07) is 3.48. The van der Waals surface area contributed by atoms with E-state index in [0.717, 1.165) is 0 Å². The predicted molar refractivity (Wildman–Crippen MR) is 64.7 cm³/mol. The SMILES string of the molecule is O=C(NCC1(O)CCOC1)c1ncccc1Br. The highest BCUT2D eigenvalue weighted by atomic mass is 79.9. The molecule has 1 unspecified atom stereocenters. The Bertz CT molecular complexity index is 419. The number of rotatable bonds is 3. The molecule has 0 spiro atoms. The summed E-state index contributed by atoms with van der Waals surface area (Å²) in [4.78, 5) is 15.8. The van der Waals surface area contributed by atoms with Gasteiger partial charge in [-0.05, 0) is 28.1 Å². The summed E-state index contributed by atoms with van der Waals surface area (Å²) in [5, 5.41) is 12.6. The van der Waals surface area contributed by atoms with Crippen molar-refractivity contribution in [2.75, 3.05) is 19.8 Å². The van der Waals surface area contributed by atoms with E-state index in [9.17, 15) is 9.90 Å². The van der Waals surface area contributed by atoms with Gasteiger partial charge in [-0.2, -0.15) is 0 Å². The van der Waals surface area contributed by atoms with Crippen LogP contribution in [-0.4, -0.2) is 41.4 Å². The summed E-state index contributed by atoms with van der Waals surface area (Å²) in [5.41, 5.74) is -0.633. The fraction of sp³-hybridized carbons (Fsp3) is 0.455. The number of halogens is 1. The summed E-state index contributed by atoms with van der Waals surface area (Å²) < 4.78 is 5.73. The molecule has 0 aliphatic carbocycles. The summed E-state index contributed by atoms with van der Waals surface area (Å²) >= 11 is 3.25. The molecule has 1 saturated heterocycles. The van der Waals surface area contributed by atoms with Crippen molar-refractivity contribution in [1.29, 1.82) is 0 Å². The average Bonchev–Trinajstić information content (AvgIpc) is 2.74. The minimum atomic E-state index is -0.948. The summed E-state index contributed by atoms with van der Waals surface area (Å²) in [6.07, 6.45) is 2.09. The van der Waals surface area contributed by atoms with Gasteiger partial charge in [-0.15, -0.1) is 0 Å². The predicted octanol–water partition coefficient (Wildman–Crippen LogP) is 0.725. The molecule has 2 N–H and O–H groups in total. The molecular formula is C11H13BrN2O3. The van der Waals surface area contributed by atoms with Crippen LogP contribution in [0.3, 0.4) is 0 Å². The van der Waals surface area contributed by atoms with E-state index in [4.69, 9.17) is 4.74 Å². The molecule has 0 saturated carbocycles. The second-order valence-corrected chi connectivity index (χ2v) is 4.90. The molecule has 1 atom stereocenters. The zero-order valence-corrected chi connectivity index (χ0v) is 10.7. The van der Waals surface area contributed by atoms with Crippen molar-refractivity contribution >= 4 is 21.8 Å². The lowest BCUT2D eigenvalue weighted by Gasteiger charge is -2.20. The molecule has 1 aliphatic rings. The number of nitrogens with one attached hydrogen (secondary N) is 1. The Morgan fingerprint density at radius 2 is 2.53 bits per heavy atom. The Balaban J connectivity index is 1.96. The van der Waals surface area contributed by atoms with E-state index in [1.54, 1.807) is 18.3 Å². The molecule has 0 aromatic carbocycles. The zero-order chi connectivity index (χ0) is 12.3. The Morgan fingerprint density at radius 1 is 1.71 bits per heavy atom. The van der Waals surface area contributed by atoms with Crippen molar-refractivity contribution in [3.63, 3.8) is 0 Å². The summed E-state index contributed by atoms with van der Waals surface area (Å²) in [7, 11) is 0. The number of carbonyl (C=O) groups excluding carboxylic acids is 1. The number of hydrogen-bond donors (Lipinski definition) is 2. The maximum absolute atomic E-state index is 11.8. The number of carbonyl (C=O) groups is 1. The second kappa shape index (κ2) is 5.12. The van der Waals surface area contributed by atoms with Crippen LogP contribution >= 0.6 is 15.9 Å². The highest BCUT2D eigenvalue weighted by molar-refractivity contribution is 9.10. The molecule has 5 nitrogen and oxygen atoms in total. The minimum absolute atomic E-state index is 0.175. The Morgan fingerprint density at radius 3 is 3.18 bits per heavy atom. The van der Waals surface area contributed by atoms with Gasteiger partial charge in [0.05, 0.1) is 6.61 Å². The van der Waals surface area contributed by atoms with E-state index in [2.05, 4.69) is 26.2 Å². The highest BCUT2D eigenvalue weighted by Gasteiger charge is 2.32. The van der Waals surface area contributed by atoms with Crippen LogP contribution in [0.4, 0.5) is 0 Å². The van der Waals surface area contributed by atoms with Crippen molar-refractivity contribution in [3.05, 3.63) is 28.5 Å². The Kier molecular flexibility index (Phi) is 3.76. The first-order valence-electron chi connectivity index (χ1n) is 5.30. The van der Waals surface area contributed by atoms with Crippen molar-refractivity contribution in [2.45, 2.75) is 12.0 Å². The highest BCUT2D eigenvalue weighted by Crippen LogP contribution is 2.18. The molecule has 1 fully saturated rings. The molecule has 2 rings (SSSR count). The van der Waals surface area contributed by atoms with Gasteiger partial charge in [0.25, 0.3) is 5.91 Å². The third kappa shape index (κ3) is 3.02. The molecule has 1 aromatic rings. The molecule has 0 radical (unpaired) electrons. The lowest BCUT2D eigenvalue weighted by molar-refractivity contribution is 0.0264. The van der Waals surface area contributed by atoms with Gasteiger partial charge in [-0.3, -0.25) is 4.79 Å². The third-order valence-electron chi connectivity index (χ3n) is 2.63. The molecule has 17 heavy (non-hydrogen) atoms. The second-order valence-electron chi connectivity index (χ2n) is 4.04. The van der Waals surface area contributed by atoms with Gasteiger partial charge in [0.1, 0.15) is 11.3 Å². The van der Waals surface area contributed by atoms with Gasteiger partial charge in [0.15, 0.2) is 0 Å². The van der Waals surface area contributed by atoms with Crippen LogP contribution in [0.15, 0.2) is 22.8 Å². The van der Waals surface area contributed by atoms with E-state index < -0.39 is 5.60 Å². The van der Waals surface area contributed by atoms with Crippen molar-refractivity contribution in [1.82, 2.24) is 10.3 Å². The van der Waals surface area contributed by atoms with Crippen LogP contribution in [0, 0.1) is 0 Å². The molecule has 92 valence electrons. The zero-order valence-electron chi connectivity index (χ0n) is 9.15. The van der Waals surface area contributed by atoms with E-state index in [-0.39, 0.29) is 19.1 Å². The number of hydrogen-bond acceptors (Lipinski definition) is 4. The Hall–Kier alpha value is -0.980. The maximum atomic E-state index is 11.8. The topological polar surface area (TPSA) is 71.5 Å². The number of pyridine rings is 1. The van der Waals surface area contributed by atoms with Gasteiger partial charge in [0, 0.05) is 30.2 Å². The molecule has 6 heteroatoms. The third-order valence-corrected chi connectivity index (χ3v) is 3.27. The van der Waals surface area contributed by atoms with Crippen LogP contribution in [-0.2, 0) is 4.74 Å². The van der Waals surface area contributed by atoms with Crippen molar-refractivity contribution in [2.24, 2.45) is 0 Å². The van der Waals surface area contributed by atoms with Gasteiger partial charge >= 0.3 is 0 Å². The number of ether oxygens (including phenoxy) is 1. The largest absolute Gasteiger partial charge is 0.386 e. The van der Waals surface area contributed by atoms with E-state index in [0.29, 0.717) is 23.2 Å². The quantitative estimate of drug-likeness (QED) is 0.863. The molecule has 0 bridgehead atoms. The van der Waals surface area contributed by atoms with E-state index in [1.165, 1.54) is 0 Å². The average molecular weight is 301 g/mol. The summed E-state index contributed by atoms with van der Waals surface area (Å²) in [6.45, 7) is 0.963. The number of amides is 1. The van der Waals surface area contributed by atoms with E-state index in [1.807, 2.05) is 0 Å². The van der Waals surface area contributed by atoms with Crippen molar-refractivity contribution in [3.8, 4) is 0 Å². The first-order valence-corrected chi connectivity index (χ1v) is 6.09. The van der Waals surface area contributed by atoms with Gasteiger partial charge in [-0.25, -0.2) is 4.98 Å². The van der Waals surface area contributed by atoms with Gasteiger partial charge in [-0.1, -0.05) is 0 Å². The molecular weight excluding hydrogens is 288 g/mol. The molecule has 2 heterocycles. The number of aliphatic hydroxyl groups is 1. The standard InChI is InChI=1S/C11H13BrN2O3/c12-8-2-1-4-13-9(8)10(15)14-6-11(16)3-5-17-7-11/h1-2,4,16H,3,5-7H2,(H,14,15). The van der Waals surface area contributed by atoms with Gasteiger partial charge in [0.2, 0.25) is 0 Å². The van der Waals surface area contributed by atoms with Crippen LogP contribution in [0.25, 0.3) is 0 Å². The van der Waals surface area contributed by atoms with E-state index >= 15 is 0 Å². The Labute approximate surface area is 107 Å². The monoisotopic (exact) mass is 300 g/mol. The fourth-order valence-electron chi connectivity index (χ4n) is 1.62. The van der Waals surface area contributed by atoms with Crippen LogP contribution in [0.1, 0.15) is 16.9 Å². The summed E-state index contributed by atoms with van der Waals surface area (Å²) in [5.74, 6) is -0.308. The normalized spacial score (nSPS) is 23.6. The fourth-order valence-corrected chi connectivity index (χ4v) is 2.05. The smallest absolute Gasteiger partial charge is 0.271 e. The van der Waals surface area contributed by atoms with Gasteiger partial charge < -0.3 is 15.2 Å². The van der Waals surface area contributed by atoms with Crippen LogP contribution < -0.4 is 5.32 Å². The first-order chi connectivity index (χ1) is 8.11. The lowest BCUT2D eigenvalue weighted by Crippen LogP contribution is -2.43. The lowest BCUT2D eigenvalue weighted by atomic mass is 10.0.